The van der Waals surface area contributed by atoms with Gasteiger partial charge in [-0.25, -0.2) is 4.79 Å². The molecule has 0 aliphatic heterocycles. The van der Waals surface area contributed by atoms with E-state index in [4.69, 9.17) is 16.3 Å². The molecule has 0 bridgehead atoms. The molecule has 0 aromatic heterocycles. The van der Waals surface area contributed by atoms with Gasteiger partial charge >= 0.3 is 5.97 Å². The maximum absolute atomic E-state index is 12.3. The van der Waals surface area contributed by atoms with Crippen LogP contribution in [0.5, 0.6) is 0 Å². The Kier molecular flexibility index (Phi) is 5.62. The second kappa shape index (κ2) is 7.49. The summed E-state index contributed by atoms with van der Waals surface area (Å²) in [4.78, 5) is 24.4. The monoisotopic (exact) mass is 345 g/mol. The van der Waals surface area contributed by atoms with E-state index in [0.717, 1.165) is 22.4 Å². The molecule has 0 unspecified atom stereocenters. The van der Waals surface area contributed by atoms with Crippen molar-refractivity contribution in [3.63, 3.8) is 0 Å². The number of rotatable bonds is 4. The summed E-state index contributed by atoms with van der Waals surface area (Å²) in [6.45, 7) is 7.40. The van der Waals surface area contributed by atoms with Crippen molar-refractivity contribution < 1.29 is 14.3 Å². The normalized spacial score (nSPS) is 11.7. The third kappa shape index (κ3) is 4.36. The summed E-state index contributed by atoms with van der Waals surface area (Å²) in [5.74, 6) is -0.960. The Hall–Kier alpha value is -2.33. The average Bonchev–Trinajstić information content (AvgIpc) is 2.50. The number of amides is 1. The van der Waals surface area contributed by atoms with E-state index in [1.807, 2.05) is 32.9 Å². The Morgan fingerprint density at radius 2 is 1.71 bits per heavy atom. The summed E-state index contributed by atoms with van der Waals surface area (Å²) in [6, 6.07) is 10.4. The number of hydrogen-bond donors (Lipinski definition) is 1. The Morgan fingerprint density at radius 3 is 2.29 bits per heavy atom. The van der Waals surface area contributed by atoms with Crippen LogP contribution in [0.3, 0.4) is 0 Å². The summed E-state index contributed by atoms with van der Waals surface area (Å²) >= 11 is 5.86. The molecule has 0 saturated carbocycles. The van der Waals surface area contributed by atoms with E-state index in [-0.39, 0.29) is 5.91 Å². The zero-order valence-electron chi connectivity index (χ0n) is 14.1. The molecule has 0 aliphatic carbocycles. The smallest absolute Gasteiger partial charge is 0.338 e. The highest BCUT2D eigenvalue weighted by Gasteiger charge is 2.20. The number of carbonyl (C=O) groups is 2. The molecular formula is C19H20ClNO3. The Balaban J connectivity index is 2.06. The van der Waals surface area contributed by atoms with Crippen molar-refractivity contribution in [1.29, 1.82) is 0 Å². The highest BCUT2D eigenvalue weighted by molar-refractivity contribution is 6.30. The van der Waals surface area contributed by atoms with E-state index in [0.29, 0.717) is 10.6 Å². The summed E-state index contributed by atoms with van der Waals surface area (Å²) in [7, 11) is 0. The van der Waals surface area contributed by atoms with Gasteiger partial charge in [-0.3, -0.25) is 4.79 Å². The second-order valence-corrected chi connectivity index (χ2v) is 6.26. The lowest BCUT2D eigenvalue weighted by molar-refractivity contribution is -0.123. The third-order valence-corrected chi connectivity index (χ3v) is 3.87. The summed E-state index contributed by atoms with van der Waals surface area (Å²) < 4.78 is 5.22. The standard InChI is InChI=1S/C19H20ClNO3/c1-11-8-12(2)17(13(3)9-11)21-18(22)14(4)24-19(23)15-6-5-7-16(20)10-15/h5-10,14H,1-4H3,(H,21,22)/t14-/m1/s1. The van der Waals surface area contributed by atoms with Crippen LogP contribution in [0.2, 0.25) is 5.02 Å². The van der Waals surface area contributed by atoms with Gasteiger partial charge in [0.15, 0.2) is 6.10 Å². The topological polar surface area (TPSA) is 55.4 Å². The predicted molar refractivity (Wildman–Crippen MR) is 95.6 cm³/mol. The van der Waals surface area contributed by atoms with E-state index in [9.17, 15) is 9.59 Å². The highest BCUT2D eigenvalue weighted by Crippen LogP contribution is 2.22. The van der Waals surface area contributed by atoms with Crippen LogP contribution >= 0.6 is 11.6 Å². The van der Waals surface area contributed by atoms with Crippen LogP contribution in [0.4, 0.5) is 5.69 Å². The van der Waals surface area contributed by atoms with Gasteiger partial charge in [0.1, 0.15) is 0 Å². The number of nitrogens with one attached hydrogen (secondary N) is 1. The maximum Gasteiger partial charge on any atom is 0.338 e. The van der Waals surface area contributed by atoms with Gasteiger partial charge < -0.3 is 10.1 Å². The summed E-state index contributed by atoms with van der Waals surface area (Å²) in [5, 5.41) is 3.27. The van der Waals surface area contributed by atoms with Gasteiger partial charge in [-0.1, -0.05) is 35.4 Å². The lowest BCUT2D eigenvalue weighted by Crippen LogP contribution is -2.30. The van der Waals surface area contributed by atoms with E-state index >= 15 is 0 Å². The van der Waals surface area contributed by atoms with Crippen molar-refractivity contribution in [2.45, 2.75) is 33.8 Å². The van der Waals surface area contributed by atoms with Gasteiger partial charge in [-0.05, 0) is 57.0 Å². The van der Waals surface area contributed by atoms with Crippen molar-refractivity contribution >= 4 is 29.2 Å². The fourth-order valence-electron chi connectivity index (χ4n) is 2.50. The zero-order valence-corrected chi connectivity index (χ0v) is 14.9. The summed E-state index contributed by atoms with van der Waals surface area (Å²) in [5.41, 5.74) is 4.12. The van der Waals surface area contributed by atoms with Gasteiger partial charge in [0.05, 0.1) is 5.56 Å². The number of ether oxygens (including phenoxy) is 1. The number of hydrogen-bond acceptors (Lipinski definition) is 3. The predicted octanol–water partition coefficient (Wildman–Crippen LogP) is 4.45. The van der Waals surface area contributed by atoms with Crippen molar-refractivity contribution in [2.75, 3.05) is 5.32 Å². The molecular weight excluding hydrogens is 326 g/mol. The van der Waals surface area contributed by atoms with E-state index < -0.39 is 12.1 Å². The lowest BCUT2D eigenvalue weighted by Gasteiger charge is -2.17. The quantitative estimate of drug-likeness (QED) is 0.833. The van der Waals surface area contributed by atoms with Crippen molar-refractivity contribution in [3.8, 4) is 0 Å². The van der Waals surface area contributed by atoms with Crippen LogP contribution in [-0.4, -0.2) is 18.0 Å². The average molecular weight is 346 g/mol. The number of aryl methyl sites for hydroxylation is 3. The number of carbonyl (C=O) groups excluding carboxylic acids is 2. The molecule has 5 heteroatoms. The van der Waals surface area contributed by atoms with Gasteiger partial charge in [0.25, 0.3) is 5.91 Å². The van der Waals surface area contributed by atoms with Crippen molar-refractivity contribution in [1.82, 2.24) is 0 Å². The highest BCUT2D eigenvalue weighted by atomic mass is 35.5. The zero-order chi connectivity index (χ0) is 17.9. The molecule has 4 nitrogen and oxygen atoms in total. The van der Waals surface area contributed by atoms with Crippen molar-refractivity contribution in [2.24, 2.45) is 0 Å². The molecule has 2 rings (SSSR count). The Morgan fingerprint density at radius 1 is 1.08 bits per heavy atom. The maximum atomic E-state index is 12.3. The first-order valence-electron chi connectivity index (χ1n) is 7.63. The number of benzene rings is 2. The van der Waals surface area contributed by atoms with E-state index in [1.54, 1.807) is 18.2 Å². The number of anilines is 1. The van der Waals surface area contributed by atoms with E-state index in [2.05, 4.69) is 5.32 Å². The third-order valence-electron chi connectivity index (χ3n) is 3.64. The molecule has 0 heterocycles. The van der Waals surface area contributed by atoms with Crippen molar-refractivity contribution in [3.05, 3.63) is 63.7 Å². The van der Waals surface area contributed by atoms with Gasteiger partial charge in [-0.2, -0.15) is 0 Å². The molecule has 0 saturated heterocycles. The second-order valence-electron chi connectivity index (χ2n) is 5.82. The minimum atomic E-state index is -0.920. The minimum absolute atomic E-state index is 0.310. The molecule has 2 aromatic carbocycles. The molecule has 126 valence electrons. The van der Waals surface area contributed by atoms with Crippen LogP contribution in [0, 0.1) is 20.8 Å². The van der Waals surface area contributed by atoms with Crippen LogP contribution in [-0.2, 0) is 9.53 Å². The van der Waals surface area contributed by atoms with Crippen LogP contribution in [0.25, 0.3) is 0 Å². The van der Waals surface area contributed by atoms with E-state index in [1.165, 1.54) is 13.0 Å². The molecule has 2 aromatic rings. The molecule has 1 N–H and O–H groups in total. The molecule has 0 radical (unpaired) electrons. The molecule has 0 spiro atoms. The number of esters is 1. The molecule has 1 amide bonds. The first kappa shape index (κ1) is 18.0. The molecule has 0 fully saturated rings. The lowest BCUT2D eigenvalue weighted by atomic mass is 10.0. The number of halogens is 1. The molecule has 24 heavy (non-hydrogen) atoms. The van der Waals surface area contributed by atoms with Gasteiger partial charge in [-0.15, -0.1) is 0 Å². The minimum Gasteiger partial charge on any atom is -0.449 e. The first-order chi connectivity index (χ1) is 11.3. The molecule has 1 atom stereocenters. The SMILES string of the molecule is Cc1cc(C)c(NC(=O)[C@@H](C)OC(=O)c2cccc(Cl)c2)c(C)c1. The largest absolute Gasteiger partial charge is 0.449 e. The fourth-order valence-corrected chi connectivity index (χ4v) is 2.69. The van der Waals surface area contributed by atoms with Gasteiger partial charge in [0, 0.05) is 10.7 Å². The van der Waals surface area contributed by atoms with Crippen LogP contribution < -0.4 is 5.32 Å². The first-order valence-corrected chi connectivity index (χ1v) is 8.01. The summed E-state index contributed by atoms with van der Waals surface area (Å²) in [6.07, 6.45) is -0.920. The van der Waals surface area contributed by atoms with Crippen LogP contribution in [0.15, 0.2) is 36.4 Å². The molecule has 0 aliphatic rings. The fraction of sp³-hybridized carbons (Fsp3) is 0.263. The Labute approximate surface area is 146 Å². The van der Waals surface area contributed by atoms with Crippen LogP contribution in [0.1, 0.15) is 34.0 Å². The van der Waals surface area contributed by atoms with Gasteiger partial charge in [0.2, 0.25) is 0 Å². The Bertz CT molecular complexity index is 763.